The molecule has 1 aromatic rings. The number of hydrogen-bond donors (Lipinski definition) is 3. The first kappa shape index (κ1) is 10.3. The van der Waals surface area contributed by atoms with Gasteiger partial charge in [0.05, 0.1) is 6.04 Å². The Morgan fingerprint density at radius 1 is 1.43 bits per heavy atom. The van der Waals surface area contributed by atoms with E-state index in [0.29, 0.717) is 17.4 Å². The molecule has 4 nitrogen and oxygen atoms in total. The Bertz CT molecular complexity index is 374. The second-order valence-electron chi connectivity index (χ2n) is 2.89. The van der Waals surface area contributed by atoms with Gasteiger partial charge in [0.1, 0.15) is 6.29 Å². The molecule has 1 rings (SSSR count). The molecule has 0 aliphatic rings. The Morgan fingerprint density at radius 3 is 2.57 bits per heavy atom. The van der Waals surface area contributed by atoms with Crippen LogP contribution in [0.5, 0.6) is 11.5 Å². The molecule has 1 aromatic carbocycles. The highest BCUT2D eigenvalue weighted by Crippen LogP contribution is 2.28. The van der Waals surface area contributed by atoms with E-state index >= 15 is 0 Å². The molecule has 0 saturated carbocycles. The molecule has 0 fully saturated rings. The molecule has 0 heterocycles. The molecule has 0 saturated heterocycles. The Labute approximate surface area is 81.3 Å². The molecule has 1 atom stereocenters. The smallest absolute Gasteiger partial charge is 0.158 e. The van der Waals surface area contributed by atoms with Crippen LogP contribution >= 0.6 is 0 Å². The van der Waals surface area contributed by atoms with Crippen LogP contribution in [0.3, 0.4) is 0 Å². The van der Waals surface area contributed by atoms with Gasteiger partial charge in [-0.2, -0.15) is 0 Å². The zero-order valence-corrected chi connectivity index (χ0v) is 7.47. The minimum atomic E-state index is -0.793. The number of rotatable bonds is 3. The largest absolute Gasteiger partial charge is 0.504 e. The van der Waals surface area contributed by atoms with Crippen molar-refractivity contribution in [2.45, 2.75) is 6.04 Å². The van der Waals surface area contributed by atoms with Crippen LogP contribution in [-0.4, -0.2) is 22.5 Å². The number of carbonyl (C=O) groups is 1. The Morgan fingerprint density at radius 2 is 2.07 bits per heavy atom. The van der Waals surface area contributed by atoms with Gasteiger partial charge >= 0.3 is 0 Å². The number of phenolic OH excluding ortho intramolecular Hbond substituents is 2. The van der Waals surface area contributed by atoms with Crippen molar-refractivity contribution >= 4 is 11.9 Å². The molecular weight excluding hydrogens is 182 g/mol. The van der Waals surface area contributed by atoms with Crippen LogP contribution in [0.25, 0.3) is 5.57 Å². The van der Waals surface area contributed by atoms with Gasteiger partial charge in [-0.3, -0.25) is 0 Å². The van der Waals surface area contributed by atoms with Crippen LogP contribution in [-0.2, 0) is 4.79 Å². The molecule has 1 unspecified atom stereocenters. The van der Waals surface area contributed by atoms with Gasteiger partial charge in [0, 0.05) is 0 Å². The lowest BCUT2D eigenvalue weighted by molar-refractivity contribution is -0.107. The molecule has 74 valence electrons. The van der Waals surface area contributed by atoms with Crippen molar-refractivity contribution < 1.29 is 15.0 Å². The van der Waals surface area contributed by atoms with Gasteiger partial charge in [-0.15, -0.1) is 0 Å². The second-order valence-corrected chi connectivity index (χ2v) is 2.89. The zero-order chi connectivity index (χ0) is 10.7. The summed E-state index contributed by atoms with van der Waals surface area (Å²) in [4.78, 5) is 10.4. The van der Waals surface area contributed by atoms with Crippen LogP contribution in [0.15, 0.2) is 24.8 Å². The van der Waals surface area contributed by atoms with Gasteiger partial charge in [0.15, 0.2) is 11.5 Å². The zero-order valence-electron chi connectivity index (χ0n) is 7.47. The summed E-state index contributed by atoms with van der Waals surface area (Å²) < 4.78 is 0. The maximum Gasteiger partial charge on any atom is 0.158 e. The van der Waals surface area contributed by atoms with Gasteiger partial charge in [0.25, 0.3) is 0 Å². The third-order valence-corrected chi connectivity index (χ3v) is 1.90. The summed E-state index contributed by atoms with van der Waals surface area (Å²) in [5, 5.41) is 18.2. The summed E-state index contributed by atoms with van der Waals surface area (Å²) in [6.45, 7) is 3.62. The van der Waals surface area contributed by atoms with Crippen molar-refractivity contribution in [3.63, 3.8) is 0 Å². The summed E-state index contributed by atoms with van der Waals surface area (Å²) in [5.74, 6) is -0.483. The fourth-order valence-corrected chi connectivity index (χ4v) is 0.998. The van der Waals surface area contributed by atoms with Crippen LogP contribution in [0.1, 0.15) is 5.56 Å². The van der Waals surface area contributed by atoms with E-state index in [1.54, 1.807) is 0 Å². The molecule has 4 heteroatoms. The number of aromatic hydroxyl groups is 2. The lowest BCUT2D eigenvalue weighted by atomic mass is 10.0. The lowest BCUT2D eigenvalue weighted by Crippen LogP contribution is -2.22. The lowest BCUT2D eigenvalue weighted by Gasteiger charge is -2.09. The van der Waals surface area contributed by atoms with Crippen molar-refractivity contribution in [1.29, 1.82) is 0 Å². The molecule has 14 heavy (non-hydrogen) atoms. The van der Waals surface area contributed by atoms with Gasteiger partial charge in [0.2, 0.25) is 0 Å². The van der Waals surface area contributed by atoms with Crippen molar-refractivity contribution in [3.8, 4) is 11.5 Å². The van der Waals surface area contributed by atoms with Gasteiger partial charge in [-0.1, -0.05) is 12.6 Å². The first-order valence-electron chi connectivity index (χ1n) is 3.98. The van der Waals surface area contributed by atoms with Gasteiger partial charge < -0.3 is 20.7 Å². The van der Waals surface area contributed by atoms with Crippen molar-refractivity contribution in [1.82, 2.24) is 0 Å². The van der Waals surface area contributed by atoms with E-state index in [0.717, 1.165) is 0 Å². The van der Waals surface area contributed by atoms with Crippen LogP contribution in [0.2, 0.25) is 0 Å². The van der Waals surface area contributed by atoms with E-state index < -0.39 is 6.04 Å². The Hall–Kier alpha value is -1.81. The minimum absolute atomic E-state index is 0.221. The molecule has 4 N–H and O–H groups in total. The predicted octanol–water partition coefficient (Wildman–Crippen LogP) is 0.637. The Balaban J connectivity index is 3.02. The minimum Gasteiger partial charge on any atom is -0.504 e. The fourth-order valence-electron chi connectivity index (χ4n) is 0.998. The van der Waals surface area contributed by atoms with Crippen molar-refractivity contribution in [2.75, 3.05) is 0 Å². The first-order valence-corrected chi connectivity index (χ1v) is 3.98. The Kier molecular flexibility index (Phi) is 2.89. The van der Waals surface area contributed by atoms with E-state index in [4.69, 9.17) is 10.8 Å². The van der Waals surface area contributed by atoms with Gasteiger partial charge in [-0.25, -0.2) is 0 Å². The summed E-state index contributed by atoms with van der Waals surface area (Å²) >= 11 is 0. The van der Waals surface area contributed by atoms with Crippen LogP contribution in [0, 0.1) is 0 Å². The monoisotopic (exact) mass is 193 g/mol. The van der Waals surface area contributed by atoms with E-state index in [9.17, 15) is 9.90 Å². The van der Waals surface area contributed by atoms with E-state index in [2.05, 4.69) is 6.58 Å². The summed E-state index contributed by atoms with van der Waals surface area (Å²) in [5.41, 5.74) is 6.35. The van der Waals surface area contributed by atoms with Crippen LogP contribution < -0.4 is 5.73 Å². The summed E-state index contributed by atoms with van der Waals surface area (Å²) in [6.07, 6.45) is 0.562. The highest BCUT2D eigenvalue weighted by atomic mass is 16.3. The molecule has 0 aliphatic heterocycles. The summed E-state index contributed by atoms with van der Waals surface area (Å²) in [6, 6.07) is 3.36. The second kappa shape index (κ2) is 3.93. The molecular formula is C10H11NO3. The third-order valence-electron chi connectivity index (χ3n) is 1.90. The quantitative estimate of drug-likeness (QED) is 0.485. The van der Waals surface area contributed by atoms with Crippen molar-refractivity contribution in [3.05, 3.63) is 30.3 Å². The number of hydrogen-bond acceptors (Lipinski definition) is 4. The molecule has 0 aromatic heterocycles. The molecule has 0 bridgehead atoms. The average molecular weight is 193 g/mol. The first-order chi connectivity index (χ1) is 6.56. The predicted molar refractivity (Wildman–Crippen MR) is 52.8 cm³/mol. The maximum atomic E-state index is 10.4. The number of aldehydes is 1. The van der Waals surface area contributed by atoms with E-state index in [-0.39, 0.29) is 11.5 Å². The topological polar surface area (TPSA) is 83.6 Å². The summed E-state index contributed by atoms with van der Waals surface area (Å²) in [7, 11) is 0. The standard InChI is InChI=1S/C10H11NO3/c1-6(8(11)5-12)7-2-3-9(13)10(14)4-7/h2-5,8,13-14H,1,11H2. The number of phenols is 2. The number of benzene rings is 1. The number of carbonyl (C=O) groups excluding carboxylic acids is 1. The average Bonchev–Trinajstić information content (AvgIpc) is 2.20. The SMILES string of the molecule is C=C(c1ccc(O)c(O)c1)C(N)C=O. The maximum absolute atomic E-state index is 10.4. The number of nitrogens with two attached hydrogens (primary N) is 1. The van der Waals surface area contributed by atoms with E-state index in [1.807, 2.05) is 0 Å². The normalized spacial score (nSPS) is 12.1. The highest BCUT2D eigenvalue weighted by molar-refractivity contribution is 5.83. The fraction of sp³-hybridized carbons (Fsp3) is 0.100. The van der Waals surface area contributed by atoms with E-state index in [1.165, 1.54) is 18.2 Å². The third kappa shape index (κ3) is 1.92. The van der Waals surface area contributed by atoms with Crippen LogP contribution in [0.4, 0.5) is 0 Å². The molecule has 0 radical (unpaired) electrons. The highest BCUT2D eigenvalue weighted by Gasteiger charge is 2.09. The van der Waals surface area contributed by atoms with Crippen molar-refractivity contribution in [2.24, 2.45) is 5.73 Å². The molecule has 0 aliphatic carbocycles. The van der Waals surface area contributed by atoms with Gasteiger partial charge in [-0.05, 0) is 23.3 Å². The molecule has 0 amide bonds. The molecule has 0 spiro atoms.